The Kier molecular flexibility index (Phi) is 9.90. The highest BCUT2D eigenvalue weighted by molar-refractivity contribution is 14.0. The van der Waals surface area contributed by atoms with Gasteiger partial charge in [-0.2, -0.15) is 0 Å². The van der Waals surface area contributed by atoms with E-state index in [-0.39, 0.29) is 30.1 Å². The Morgan fingerprint density at radius 3 is 1.93 bits per heavy atom. The fourth-order valence-electron chi connectivity index (χ4n) is 3.40. The molecule has 1 fully saturated rings. The molecule has 29 heavy (non-hydrogen) atoms. The lowest BCUT2D eigenvalue weighted by Crippen LogP contribution is -2.36. The van der Waals surface area contributed by atoms with E-state index in [1.54, 1.807) is 7.05 Å². The zero-order valence-electron chi connectivity index (χ0n) is 17.4. The number of aliphatic hydroxyl groups is 1. The summed E-state index contributed by atoms with van der Waals surface area (Å²) < 4.78 is 0. The van der Waals surface area contributed by atoms with Crippen molar-refractivity contribution < 1.29 is 5.11 Å². The number of aliphatic imine (C=N–C) groups is 1. The Bertz CT molecular complexity index is 753. The number of hydrogen-bond acceptors (Lipinski definition) is 3. The average Bonchev–Trinajstić information content (AvgIpc) is 2.72. The van der Waals surface area contributed by atoms with Crippen molar-refractivity contribution in [2.75, 3.05) is 20.1 Å². The number of nitrogens with one attached hydrogen (secondary N) is 2. The van der Waals surface area contributed by atoms with Gasteiger partial charge in [-0.05, 0) is 36.5 Å². The summed E-state index contributed by atoms with van der Waals surface area (Å²) in [6, 6.07) is 17.3. The van der Waals surface area contributed by atoms with E-state index in [4.69, 9.17) is 0 Å². The molecule has 0 aromatic heterocycles. The second-order valence-electron chi connectivity index (χ2n) is 7.59. The highest BCUT2D eigenvalue weighted by Gasteiger charge is 2.16. The summed E-state index contributed by atoms with van der Waals surface area (Å²) in [6.45, 7) is 6.51. The molecule has 0 radical (unpaired) electrons. The number of halogens is 1. The normalized spacial score (nSPS) is 15.6. The standard InChI is InChI=1S/C23H32N4O.HI/c1-18-3-5-19(6-4-18)15-25-23(24-2)26-16-20-7-9-21(10-8-20)17-27-13-11-22(28)12-14-27;/h3-10,22,28H,11-17H2,1-2H3,(H2,24,25,26);1H. The topological polar surface area (TPSA) is 59.9 Å². The summed E-state index contributed by atoms with van der Waals surface area (Å²) in [4.78, 5) is 6.72. The van der Waals surface area contributed by atoms with Gasteiger partial charge in [-0.25, -0.2) is 0 Å². The molecule has 0 spiro atoms. The van der Waals surface area contributed by atoms with E-state index < -0.39 is 0 Å². The minimum Gasteiger partial charge on any atom is -0.393 e. The number of rotatable bonds is 6. The van der Waals surface area contributed by atoms with Crippen molar-refractivity contribution in [1.82, 2.24) is 15.5 Å². The minimum atomic E-state index is -0.112. The molecule has 2 aromatic carbocycles. The van der Waals surface area contributed by atoms with Crippen LogP contribution in [0.2, 0.25) is 0 Å². The molecule has 1 aliphatic rings. The van der Waals surface area contributed by atoms with Gasteiger partial charge in [0.1, 0.15) is 0 Å². The van der Waals surface area contributed by atoms with Crippen LogP contribution in [-0.2, 0) is 19.6 Å². The summed E-state index contributed by atoms with van der Waals surface area (Å²) in [5.74, 6) is 0.802. The zero-order chi connectivity index (χ0) is 19.8. The number of likely N-dealkylation sites (tertiary alicyclic amines) is 1. The van der Waals surface area contributed by atoms with Crippen LogP contribution in [0.1, 0.15) is 35.1 Å². The maximum atomic E-state index is 9.62. The summed E-state index contributed by atoms with van der Waals surface area (Å²) in [5.41, 5.74) is 5.06. The van der Waals surface area contributed by atoms with Crippen molar-refractivity contribution >= 4 is 29.9 Å². The number of piperidine rings is 1. The van der Waals surface area contributed by atoms with Crippen molar-refractivity contribution in [1.29, 1.82) is 0 Å². The van der Waals surface area contributed by atoms with Gasteiger partial charge >= 0.3 is 0 Å². The van der Waals surface area contributed by atoms with Gasteiger partial charge in [0.2, 0.25) is 0 Å². The number of guanidine groups is 1. The van der Waals surface area contributed by atoms with Crippen molar-refractivity contribution in [3.05, 3.63) is 70.8 Å². The number of nitrogens with zero attached hydrogens (tertiary/aromatic N) is 2. The quantitative estimate of drug-likeness (QED) is 0.318. The summed E-state index contributed by atoms with van der Waals surface area (Å²) in [5, 5.41) is 16.3. The van der Waals surface area contributed by atoms with E-state index >= 15 is 0 Å². The molecule has 0 saturated carbocycles. The van der Waals surface area contributed by atoms with Gasteiger partial charge in [0, 0.05) is 39.8 Å². The largest absolute Gasteiger partial charge is 0.393 e. The van der Waals surface area contributed by atoms with Crippen LogP contribution in [0.15, 0.2) is 53.5 Å². The monoisotopic (exact) mass is 508 g/mol. The molecule has 2 aromatic rings. The Labute approximate surface area is 191 Å². The van der Waals surface area contributed by atoms with Crippen molar-refractivity contribution in [3.8, 4) is 0 Å². The van der Waals surface area contributed by atoms with Gasteiger partial charge in [0.05, 0.1) is 6.10 Å². The first-order valence-corrected chi connectivity index (χ1v) is 10.1. The lowest BCUT2D eigenvalue weighted by atomic mass is 10.1. The van der Waals surface area contributed by atoms with E-state index in [1.807, 2.05) is 0 Å². The molecule has 1 aliphatic heterocycles. The number of hydrogen-bond donors (Lipinski definition) is 3. The summed E-state index contributed by atoms with van der Waals surface area (Å²) >= 11 is 0. The molecular formula is C23H33IN4O. The Balaban J connectivity index is 0.00000300. The molecule has 0 bridgehead atoms. The van der Waals surface area contributed by atoms with Crippen LogP contribution >= 0.6 is 24.0 Å². The molecule has 1 heterocycles. The van der Waals surface area contributed by atoms with Crippen molar-refractivity contribution in [3.63, 3.8) is 0 Å². The van der Waals surface area contributed by atoms with Crippen LogP contribution in [0.25, 0.3) is 0 Å². The summed E-state index contributed by atoms with van der Waals surface area (Å²) in [7, 11) is 1.79. The predicted molar refractivity (Wildman–Crippen MR) is 131 cm³/mol. The van der Waals surface area contributed by atoms with Crippen LogP contribution in [0.5, 0.6) is 0 Å². The molecule has 3 rings (SSSR count). The maximum Gasteiger partial charge on any atom is 0.191 e. The predicted octanol–water partition coefficient (Wildman–Crippen LogP) is 3.43. The third-order valence-electron chi connectivity index (χ3n) is 5.25. The third kappa shape index (κ3) is 7.95. The van der Waals surface area contributed by atoms with Crippen molar-refractivity contribution in [2.24, 2.45) is 4.99 Å². The van der Waals surface area contributed by atoms with Crippen molar-refractivity contribution in [2.45, 2.75) is 45.5 Å². The van der Waals surface area contributed by atoms with Gasteiger partial charge in [-0.1, -0.05) is 54.1 Å². The lowest BCUT2D eigenvalue weighted by molar-refractivity contribution is 0.0792. The lowest BCUT2D eigenvalue weighted by Gasteiger charge is -2.29. The Hall–Kier alpha value is -1.64. The second-order valence-corrected chi connectivity index (χ2v) is 7.59. The molecule has 6 heteroatoms. The van der Waals surface area contributed by atoms with E-state index in [1.165, 1.54) is 22.3 Å². The fraction of sp³-hybridized carbons (Fsp3) is 0.435. The molecule has 1 saturated heterocycles. The molecule has 158 valence electrons. The zero-order valence-corrected chi connectivity index (χ0v) is 19.7. The Morgan fingerprint density at radius 1 is 0.931 bits per heavy atom. The minimum absolute atomic E-state index is 0. The van der Waals surface area contributed by atoms with Crippen LogP contribution in [0.3, 0.4) is 0 Å². The number of aliphatic hydroxyl groups excluding tert-OH is 1. The number of benzene rings is 2. The molecule has 5 nitrogen and oxygen atoms in total. The summed E-state index contributed by atoms with van der Waals surface area (Å²) in [6.07, 6.45) is 1.66. The Morgan fingerprint density at radius 2 is 1.41 bits per heavy atom. The van der Waals surface area contributed by atoms with E-state index in [0.29, 0.717) is 0 Å². The van der Waals surface area contributed by atoms with Crippen LogP contribution in [0, 0.1) is 6.92 Å². The highest BCUT2D eigenvalue weighted by atomic mass is 127. The molecular weight excluding hydrogens is 475 g/mol. The average molecular weight is 508 g/mol. The van der Waals surface area contributed by atoms with Crippen LogP contribution in [-0.4, -0.2) is 42.2 Å². The first-order valence-electron chi connectivity index (χ1n) is 10.1. The van der Waals surface area contributed by atoms with E-state index in [2.05, 4.69) is 76.0 Å². The van der Waals surface area contributed by atoms with Gasteiger partial charge in [0.15, 0.2) is 5.96 Å². The molecule has 0 atom stereocenters. The van der Waals surface area contributed by atoms with Gasteiger partial charge in [-0.15, -0.1) is 24.0 Å². The highest BCUT2D eigenvalue weighted by Crippen LogP contribution is 2.14. The molecule has 0 aliphatic carbocycles. The van der Waals surface area contributed by atoms with Crippen LogP contribution in [0.4, 0.5) is 0 Å². The van der Waals surface area contributed by atoms with E-state index in [0.717, 1.165) is 51.5 Å². The molecule has 0 unspecified atom stereocenters. The van der Waals surface area contributed by atoms with Gasteiger partial charge < -0.3 is 15.7 Å². The SMILES string of the molecule is CN=C(NCc1ccc(C)cc1)NCc1ccc(CN2CCC(O)CC2)cc1.I. The smallest absolute Gasteiger partial charge is 0.191 e. The van der Waals surface area contributed by atoms with E-state index in [9.17, 15) is 5.11 Å². The van der Waals surface area contributed by atoms with Gasteiger partial charge in [-0.3, -0.25) is 9.89 Å². The van der Waals surface area contributed by atoms with Crippen LogP contribution < -0.4 is 10.6 Å². The number of aryl methyl sites for hydroxylation is 1. The molecule has 3 N–H and O–H groups in total. The first-order chi connectivity index (χ1) is 13.6. The second kappa shape index (κ2) is 12.1. The first kappa shape index (κ1) is 23.6. The fourth-order valence-corrected chi connectivity index (χ4v) is 3.40. The molecule has 0 amide bonds. The van der Waals surface area contributed by atoms with Gasteiger partial charge in [0.25, 0.3) is 0 Å². The third-order valence-corrected chi connectivity index (χ3v) is 5.25. The maximum absolute atomic E-state index is 9.62.